The molecule has 0 radical (unpaired) electrons. The van der Waals surface area contributed by atoms with Gasteiger partial charge in [-0.3, -0.25) is 0 Å². The minimum atomic E-state index is -4.94. The molecule has 2 aromatic carbocycles. The second-order valence-corrected chi connectivity index (χ2v) is 9.74. The summed E-state index contributed by atoms with van der Waals surface area (Å²) in [5.41, 5.74) is 5.13. The van der Waals surface area contributed by atoms with Gasteiger partial charge in [-0.25, -0.2) is 9.37 Å². The van der Waals surface area contributed by atoms with Gasteiger partial charge in [0.1, 0.15) is 11.6 Å². The summed E-state index contributed by atoms with van der Waals surface area (Å²) < 4.78 is 68.5. The molecule has 1 aliphatic heterocycles. The zero-order valence-corrected chi connectivity index (χ0v) is 21.3. The van der Waals surface area contributed by atoms with Crippen molar-refractivity contribution in [1.29, 1.82) is 0 Å². The third-order valence-corrected chi connectivity index (χ3v) is 7.11. The first-order valence-corrected chi connectivity index (χ1v) is 12.7. The average Bonchev–Trinajstić information content (AvgIpc) is 3.40. The molecule has 6 nitrogen and oxygen atoms in total. The summed E-state index contributed by atoms with van der Waals surface area (Å²) in [6.45, 7) is 6.12. The standard InChI is InChI=1S/C28H29F4N3O3/c1-17-27(18(2)38-34-17)21-5-6-24-23(16-21)33-26(35(24)12-9-19-10-13-36-14-11-19)8-4-20-3-7-25(22(29)15-20)37-28(30,31)32/h3,5-7,15-16,19H,4,8-14H2,1-2H3. The summed E-state index contributed by atoms with van der Waals surface area (Å²) in [6.07, 6.45) is -0.970. The average molecular weight is 532 g/mol. The van der Waals surface area contributed by atoms with E-state index in [1.54, 1.807) is 0 Å². The maximum absolute atomic E-state index is 14.3. The van der Waals surface area contributed by atoms with E-state index in [1.165, 1.54) is 6.07 Å². The molecule has 3 heterocycles. The van der Waals surface area contributed by atoms with Crippen molar-refractivity contribution in [2.75, 3.05) is 13.2 Å². The zero-order valence-electron chi connectivity index (χ0n) is 21.3. The fraction of sp³-hybridized carbons (Fsp3) is 0.429. The first kappa shape index (κ1) is 26.2. The lowest BCUT2D eigenvalue weighted by Crippen LogP contribution is -2.18. The number of aromatic nitrogens is 3. The molecule has 10 heteroatoms. The lowest BCUT2D eigenvalue weighted by molar-refractivity contribution is -0.275. The van der Waals surface area contributed by atoms with Crippen LogP contribution in [0.25, 0.3) is 22.2 Å². The molecule has 38 heavy (non-hydrogen) atoms. The maximum atomic E-state index is 14.3. The molecule has 0 spiro atoms. The summed E-state index contributed by atoms with van der Waals surface area (Å²) >= 11 is 0. The van der Waals surface area contributed by atoms with Gasteiger partial charge in [0.05, 0.1) is 16.7 Å². The minimum absolute atomic E-state index is 0.417. The highest BCUT2D eigenvalue weighted by atomic mass is 19.4. The molecule has 1 aliphatic rings. The molecule has 1 saturated heterocycles. The zero-order chi connectivity index (χ0) is 26.9. The highest BCUT2D eigenvalue weighted by Crippen LogP contribution is 2.31. The number of imidazole rings is 1. The van der Waals surface area contributed by atoms with Gasteiger partial charge in [0, 0.05) is 31.7 Å². The van der Waals surface area contributed by atoms with E-state index in [-0.39, 0.29) is 0 Å². The molecule has 2 aromatic heterocycles. The van der Waals surface area contributed by atoms with Crippen LogP contribution in [0.1, 0.15) is 42.1 Å². The summed E-state index contributed by atoms with van der Waals surface area (Å²) in [6, 6.07) is 9.68. The van der Waals surface area contributed by atoms with Gasteiger partial charge in [-0.1, -0.05) is 17.3 Å². The molecule has 202 valence electrons. The van der Waals surface area contributed by atoms with Gasteiger partial charge in [0.25, 0.3) is 0 Å². The Kier molecular flexibility index (Phi) is 7.43. The van der Waals surface area contributed by atoms with Crippen LogP contribution in [0.2, 0.25) is 0 Å². The van der Waals surface area contributed by atoms with Crippen LogP contribution in [-0.4, -0.2) is 34.3 Å². The number of nitrogens with zero attached hydrogens (tertiary/aromatic N) is 3. The lowest BCUT2D eigenvalue weighted by Gasteiger charge is -2.22. The van der Waals surface area contributed by atoms with Crippen LogP contribution < -0.4 is 4.74 Å². The molecule has 0 bridgehead atoms. The first-order chi connectivity index (χ1) is 18.2. The van der Waals surface area contributed by atoms with Crippen molar-refractivity contribution in [2.24, 2.45) is 5.92 Å². The Balaban J connectivity index is 1.41. The molecule has 0 saturated carbocycles. The topological polar surface area (TPSA) is 62.3 Å². The Morgan fingerprint density at radius 1 is 1.05 bits per heavy atom. The first-order valence-electron chi connectivity index (χ1n) is 12.7. The van der Waals surface area contributed by atoms with Crippen LogP contribution in [0.3, 0.4) is 0 Å². The molecule has 0 aliphatic carbocycles. The smallest absolute Gasteiger partial charge is 0.403 e. The van der Waals surface area contributed by atoms with Crippen molar-refractivity contribution >= 4 is 11.0 Å². The number of halogens is 4. The summed E-state index contributed by atoms with van der Waals surface area (Å²) in [7, 11) is 0. The fourth-order valence-electron chi connectivity index (χ4n) is 5.18. The van der Waals surface area contributed by atoms with Crippen molar-refractivity contribution < 1.29 is 31.6 Å². The van der Waals surface area contributed by atoms with Gasteiger partial charge >= 0.3 is 6.36 Å². The van der Waals surface area contributed by atoms with Crippen LogP contribution in [0, 0.1) is 25.6 Å². The Labute approximate surface area is 217 Å². The van der Waals surface area contributed by atoms with Crippen LogP contribution in [-0.2, 0) is 24.1 Å². The maximum Gasteiger partial charge on any atom is 0.573 e. The molecule has 1 fully saturated rings. The van der Waals surface area contributed by atoms with Crippen LogP contribution in [0.5, 0.6) is 5.75 Å². The third kappa shape index (κ3) is 5.85. The molecule has 4 aromatic rings. The SMILES string of the molecule is Cc1noc(C)c1-c1ccc2c(c1)nc(CCc1ccc(OC(F)(F)F)c(F)c1)n2CCC1CCOCC1. The van der Waals surface area contributed by atoms with Crippen molar-refractivity contribution in [3.63, 3.8) is 0 Å². The van der Waals surface area contributed by atoms with Gasteiger partial charge in [0.15, 0.2) is 11.6 Å². The Bertz CT molecular complexity index is 1400. The lowest BCUT2D eigenvalue weighted by atomic mass is 9.96. The minimum Gasteiger partial charge on any atom is -0.403 e. The molecular weight excluding hydrogens is 502 g/mol. The van der Waals surface area contributed by atoms with E-state index in [0.29, 0.717) is 24.3 Å². The van der Waals surface area contributed by atoms with Gasteiger partial charge in [-0.15, -0.1) is 13.2 Å². The largest absolute Gasteiger partial charge is 0.573 e. The highest BCUT2D eigenvalue weighted by molar-refractivity contribution is 5.83. The van der Waals surface area contributed by atoms with E-state index in [2.05, 4.69) is 20.5 Å². The van der Waals surface area contributed by atoms with Crippen LogP contribution >= 0.6 is 0 Å². The van der Waals surface area contributed by atoms with Crippen molar-refractivity contribution in [3.05, 3.63) is 65.1 Å². The fourth-order valence-corrected chi connectivity index (χ4v) is 5.18. The number of fused-ring (bicyclic) bond motifs is 1. The van der Waals surface area contributed by atoms with E-state index in [4.69, 9.17) is 14.2 Å². The number of benzene rings is 2. The summed E-state index contributed by atoms with van der Waals surface area (Å²) in [4.78, 5) is 4.93. The van der Waals surface area contributed by atoms with E-state index in [9.17, 15) is 17.6 Å². The van der Waals surface area contributed by atoms with Crippen LogP contribution in [0.15, 0.2) is 40.9 Å². The van der Waals surface area contributed by atoms with E-state index >= 15 is 0 Å². The van der Waals surface area contributed by atoms with Gasteiger partial charge in [-0.2, -0.15) is 0 Å². The number of alkyl halides is 3. The molecule has 0 atom stereocenters. The monoisotopic (exact) mass is 531 g/mol. The predicted octanol–water partition coefficient (Wildman–Crippen LogP) is 6.95. The number of ether oxygens (including phenoxy) is 2. The van der Waals surface area contributed by atoms with Crippen molar-refractivity contribution in [2.45, 2.75) is 58.9 Å². The van der Waals surface area contributed by atoms with E-state index in [0.717, 1.165) is 90.6 Å². The second kappa shape index (κ2) is 10.8. The Morgan fingerprint density at radius 2 is 1.84 bits per heavy atom. The molecular formula is C28H29F4N3O3. The second-order valence-electron chi connectivity index (χ2n) is 9.74. The number of rotatable bonds is 8. The van der Waals surface area contributed by atoms with Gasteiger partial charge in [0.2, 0.25) is 0 Å². The van der Waals surface area contributed by atoms with E-state index < -0.39 is 17.9 Å². The number of hydrogen-bond acceptors (Lipinski definition) is 5. The Hall–Kier alpha value is -3.40. The quantitative estimate of drug-likeness (QED) is 0.230. The van der Waals surface area contributed by atoms with Crippen molar-refractivity contribution in [1.82, 2.24) is 14.7 Å². The molecule has 0 amide bonds. The number of aryl methyl sites for hydroxylation is 5. The predicted molar refractivity (Wildman–Crippen MR) is 133 cm³/mol. The summed E-state index contributed by atoms with van der Waals surface area (Å²) in [5.74, 6) is 0.277. The van der Waals surface area contributed by atoms with Gasteiger partial charge < -0.3 is 18.6 Å². The molecule has 0 N–H and O–H groups in total. The van der Waals surface area contributed by atoms with E-state index in [1.807, 2.05) is 26.0 Å². The van der Waals surface area contributed by atoms with Gasteiger partial charge in [-0.05, 0) is 80.8 Å². The third-order valence-electron chi connectivity index (χ3n) is 7.11. The number of hydrogen-bond donors (Lipinski definition) is 0. The molecule has 0 unspecified atom stereocenters. The summed E-state index contributed by atoms with van der Waals surface area (Å²) in [5, 5.41) is 4.06. The van der Waals surface area contributed by atoms with Crippen molar-refractivity contribution in [3.8, 4) is 16.9 Å². The molecule has 5 rings (SSSR count). The normalized spacial score (nSPS) is 14.9. The Morgan fingerprint density at radius 3 is 2.53 bits per heavy atom. The van der Waals surface area contributed by atoms with Crippen LogP contribution in [0.4, 0.5) is 17.6 Å². The highest BCUT2D eigenvalue weighted by Gasteiger charge is 2.32.